The quantitative estimate of drug-likeness (QED) is 0.648. The van der Waals surface area contributed by atoms with Gasteiger partial charge in [-0.1, -0.05) is 0 Å². The van der Waals surface area contributed by atoms with Crippen molar-refractivity contribution < 1.29 is 24.2 Å². The van der Waals surface area contributed by atoms with Crippen LogP contribution in [0.3, 0.4) is 0 Å². The first-order valence-corrected chi connectivity index (χ1v) is 5.71. The van der Waals surface area contributed by atoms with Gasteiger partial charge in [0, 0.05) is 7.11 Å². The van der Waals surface area contributed by atoms with Crippen molar-refractivity contribution in [2.45, 2.75) is 37.9 Å². The van der Waals surface area contributed by atoms with Crippen LogP contribution in [-0.4, -0.2) is 73.6 Å². The van der Waals surface area contributed by atoms with E-state index < -0.39 is 12.4 Å². The molecule has 4 unspecified atom stereocenters. The first-order chi connectivity index (χ1) is 7.38. The van der Waals surface area contributed by atoms with Crippen molar-refractivity contribution in [3.8, 4) is 0 Å². The van der Waals surface area contributed by atoms with Gasteiger partial charge in [-0.05, 0) is 6.92 Å². The Morgan fingerprint density at radius 1 is 1.38 bits per heavy atom. The topological polar surface area (TPSA) is 58.9 Å². The minimum absolute atomic E-state index is 0.0195. The van der Waals surface area contributed by atoms with Crippen molar-refractivity contribution >= 4 is 0 Å². The Kier molecular flexibility index (Phi) is 4.70. The molecule has 0 amide bonds. The van der Waals surface area contributed by atoms with Gasteiger partial charge in [0.1, 0.15) is 18.7 Å². The van der Waals surface area contributed by atoms with E-state index in [-0.39, 0.29) is 12.1 Å². The highest BCUT2D eigenvalue weighted by molar-refractivity contribution is 4.81. The number of nitrogens with zero attached hydrogens (tertiary/aromatic N) is 1. The summed E-state index contributed by atoms with van der Waals surface area (Å²) in [5.74, 6) is 0. The molecule has 0 aromatic heterocycles. The number of hydrogen-bond acceptors (Lipinski definition) is 4. The first-order valence-electron chi connectivity index (χ1n) is 5.71. The number of aliphatic hydroxyl groups excluding tert-OH is 2. The number of ether oxygens (including phenoxy) is 2. The molecule has 0 saturated carbocycles. The van der Waals surface area contributed by atoms with Gasteiger partial charge in [0.05, 0.1) is 33.2 Å². The fourth-order valence-corrected chi connectivity index (χ4v) is 2.23. The van der Waals surface area contributed by atoms with Gasteiger partial charge in [-0.15, -0.1) is 0 Å². The Morgan fingerprint density at radius 2 is 2.00 bits per heavy atom. The molecule has 0 aromatic rings. The van der Waals surface area contributed by atoms with E-state index in [0.29, 0.717) is 17.5 Å². The third-order valence-corrected chi connectivity index (χ3v) is 3.46. The lowest BCUT2D eigenvalue weighted by atomic mass is 9.96. The van der Waals surface area contributed by atoms with Gasteiger partial charge in [0.15, 0.2) is 6.29 Å². The van der Waals surface area contributed by atoms with Gasteiger partial charge < -0.3 is 24.2 Å². The minimum Gasteiger partial charge on any atom is -0.384 e. The molecule has 2 N–H and O–H groups in total. The van der Waals surface area contributed by atoms with E-state index in [9.17, 15) is 10.2 Å². The molecule has 5 heteroatoms. The average Bonchev–Trinajstić information content (AvgIpc) is 2.20. The maximum atomic E-state index is 10.1. The summed E-state index contributed by atoms with van der Waals surface area (Å²) in [5, 5.41) is 19.7. The van der Waals surface area contributed by atoms with Crippen LogP contribution in [0, 0.1) is 0 Å². The molecular weight excluding hydrogens is 210 g/mol. The highest BCUT2D eigenvalue weighted by atomic mass is 16.6. The van der Waals surface area contributed by atoms with Crippen LogP contribution >= 0.6 is 0 Å². The van der Waals surface area contributed by atoms with Gasteiger partial charge in [0.25, 0.3) is 0 Å². The third-order valence-electron chi connectivity index (χ3n) is 3.46. The van der Waals surface area contributed by atoms with E-state index in [0.717, 1.165) is 6.54 Å². The van der Waals surface area contributed by atoms with E-state index in [2.05, 4.69) is 0 Å². The molecule has 5 nitrogen and oxygen atoms in total. The maximum absolute atomic E-state index is 10.1. The van der Waals surface area contributed by atoms with Crippen molar-refractivity contribution in [1.29, 1.82) is 0 Å². The summed E-state index contributed by atoms with van der Waals surface area (Å²) in [6.07, 6.45) is -1.19. The van der Waals surface area contributed by atoms with Gasteiger partial charge in [0.2, 0.25) is 0 Å². The molecule has 1 saturated heterocycles. The van der Waals surface area contributed by atoms with Gasteiger partial charge in [-0.25, -0.2) is 0 Å². The molecular formula is C11H24NO4+. The zero-order valence-electron chi connectivity index (χ0n) is 10.6. The fraction of sp³-hybridized carbons (Fsp3) is 1.00. The van der Waals surface area contributed by atoms with Crippen LogP contribution in [0.15, 0.2) is 0 Å². The highest BCUT2D eigenvalue weighted by Gasteiger charge is 2.43. The summed E-state index contributed by atoms with van der Waals surface area (Å²) >= 11 is 0. The number of rotatable bonds is 4. The lowest BCUT2D eigenvalue weighted by molar-refractivity contribution is -0.922. The predicted molar refractivity (Wildman–Crippen MR) is 59.8 cm³/mol. The van der Waals surface area contributed by atoms with Crippen LogP contribution in [0.2, 0.25) is 0 Å². The molecule has 0 aromatic carbocycles. The summed E-state index contributed by atoms with van der Waals surface area (Å²) in [7, 11) is 5.74. The second-order valence-corrected chi connectivity index (χ2v) is 5.08. The van der Waals surface area contributed by atoms with Crippen molar-refractivity contribution in [3.63, 3.8) is 0 Å². The number of quaternary nitrogens is 1. The zero-order chi connectivity index (χ0) is 12.3. The Morgan fingerprint density at radius 3 is 2.56 bits per heavy atom. The smallest absolute Gasteiger partial charge is 0.160 e. The van der Waals surface area contributed by atoms with Crippen LogP contribution in [0.25, 0.3) is 0 Å². The average molecular weight is 234 g/mol. The van der Waals surface area contributed by atoms with Crippen LogP contribution < -0.4 is 0 Å². The van der Waals surface area contributed by atoms with Gasteiger partial charge in [-0.2, -0.15) is 0 Å². The second-order valence-electron chi connectivity index (χ2n) is 5.08. The van der Waals surface area contributed by atoms with Crippen molar-refractivity contribution in [2.75, 3.05) is 34.4 Å². The lowest BCUT2D eigenvalue weighted by Gasteiger charge is -2.45. The molecule has 0 radical (unpaired) electrons. The van der Waals surface area contributed by atoms with Crippen molar-refractivity contribution in [3.05, 3.63) is 0 Å². The van der Waals surface area contributed by atoms with Gasteiger partial charge in [-0.3, -0.25) is 0 Å². The second kappa shape index (κ2) is 5.42. The van der Waals surface area contributed by atoms with Crippen LogP contribution in [0.1, 0.15) is 13.3 Å². The summed E-state index contributed by atoms with van der Waals surface area (Å²) < 4.78 is 10.9. The summed E-state index contributed by atoms with van der Waals surface area (Å²) in [4.78, 5) is 0. The summed E-state index contributed by atoms with van der Waals surface area (Å²) in [6.45, 7) is 3.23. The van der Waals surface area contributed by atoms with Crippen LogP contribution in [0.5, 0.6) is 0 Å². The van der Waals surface area contributed by atoms with Crippen LogP contribution in [-0.2, 0) is 9.47 Å². The molecule has 1 aliphatic rings. The van der Waals surface area contributed by atoms with Crippen molar-refractivity contribution in [2.24, 2.45) is 0 Å². The summed E-state index contributed by atoms with van der Waals surface area (Å²) in [5.41, 5.74) is 0. The van der Waals surface area contributed by atoms with Crippen molar-refractivity contribution in [1.82, 2.24) is 0 Å². The van der Waals surface area contributed by atoms with E-state index in [1.165, 1.54) is 0 Å². The Labute approximate surface area is 97.2 Å². The number of likely N-dealkylation sites (N-methyl/N-ethyl adjacent to an activating group) is 1. The Balaban J connectivity index is 2.68. The number of aliphatic hydroxyl groups is 2. The fourth-order valence-electron chi connectivity index (χ4n) is 2.23. The standard InChI is InChI=1S/C11H24NO4/c1-8-11(14)9(7-10(13)16-8)12(2,3)5-6-15-4/h8-11,13-14H,5-7H2,1-4H3/q+1. The molecule has 0 spiro atoms. The largest absolute Gasteiger partial charge is 0.384 e. The van der Waals surface area contributed by atoms with E-state index in [1.807, 2.05) is 14.1 Å². The molecule has 1 aliphatic heterocycles. The lowest BCUT2D eigenvalue weighted by Crippen LogP contribution is -2.62. The molecule has 1 heterocycles. The van der Waals surface area contributed by atoms with E-state index in [4.69, 9.17) is 9.47 Å². The molecule has 4 atom stereocenters. The van der Waals surface area contributed by atoms with E-state index in [1.54, 1.807) is 14.0 Å². The highest BCUT2D eigenvalue weighted by Crippen LogP contribution is 2.26. The monoisotopic (exact) mass is 234 g/mol. The van der Waals surface area contributed by atoms with Crippen LogP contribution in [0.4, 0.5) is 0 Å². The van der Waals surface area contributed by atoms with Gasteiger partial charge >= 0.3 is 0 Å². The number of methoxy groups -OCH3 is 1. The van der Waals surface area contributed by atoms with E-state index >= 15 is 0 Å². The zero-order valence-corrected chi connectivity index (χ0v) is 10.6. The maximum Gasteiger partial charge on any atom is 0.160 e. The Hall–Kier alpha value is -0.200. The molecule has 16 heavy (non-hydrogen) atoms. The first kappa shape index (κ1) is 13.9. The predicted octanol–water partition coefficient (Wildman–Crippen LogP) is -0.434. The molecule has 1 rings (SSSR count). The summed E-state index contributed by atoms with van der Waals surface area (Å²) in [6, 6.07) is -0.0195. The minimum atomic E-state index is -0.775. The normalized spacial score (nSPS) is 36.4. The Bertz CT molecular complexity index is 222. The SMILES string of the molecule is COCC[N+](C)(C)C1CC(O)OC(C)C1O. The molecule has 0 aliphatic carbocycles. The molecule has 96 valence electrons. The molecule has 1 fully saturated rings. The third kappa shape index (κ3) is 3.15. The number of hydrogen-bond donors (Lipinski definition) is 2. The molecule has 0 bridgehead atoms.